The first-order chi connectivity index (χ1) is 39.1. The highest BCUT2D eigenvalue weighted by Crippen LogP contribution is 2.64. The Morgan fingerprint density at radius 2 is 0.418 bits per heavy atom. The van der Waals surface area contributed by atoms with E-state index in [-0.39, 0.29) is 0 Å². The van der Waals surface area contributed by atoms with E-state index in [1.807, 2.05) is 36.4 Å². The van der Waals surface area contributed by atoms with Crippen molar-refractivity contribution in [3.63, 3.8) is 0 Å². The Morgan fingerprint density at radius 3 is 0.772 bits per heavy atom. The number of nitrogens with zero attached hydrogens (tertiary/aromatic N) is 3. The molecule has 13 aromatic rings. The number of fused-ring (bicyclic) bond motifs is 10. The van der Waals surface area contributed by atoms with Crippen LogP contribution in [-0.4, -0.2) is 15.0 Å². The van der Waals surface area contributed by atoms with Gasteiger partial charge in [0.1, 0.15) is 0 Å². The van der Waals surface area contributed by atoms with Gasteiger partial charge in [0.05, 0.1) is 5.41 Å². The Kier molecular flexibility index (Phi) is 11.1. The van der Waals surface area contributed by atoms with E-state index in [0.717, 1.165) is 38.9 Å². The van der Waals surface area contributed by atoms with Gasteiger partial charge >= 0.3 is 0 Å². The predicted octanol–water partition coefficient (Wildman–Crippen LogP) is 19.2. The summed E-state index contributed by atoms with van der Waals surface area (Å²) in [6, 6.07) is 108. The van der Waals surface area contributed by atoms with Gasteiger partial charge in [0.2, 0.25) is 0 Å². The maximum absolute atomic E-state index is 5.30. The first-order valence-corrected chi connectivity index (χ1v) is 27.1. The summed E-state index contributed by atoms with van der Waals surface area (Å²) in [4.78, 5) is 15.7. The molecule has 2 aliphatic carbocycles. The number of hydrogen-bond acceptors (Lipinski definition) is 3. The Morgan fingerprint density at radius 1 is 0.165 bits per heavy atom. The lowest BCUT2D eigenvalue weighted by Gasteiger charge is -2.31. The van der Waals surface area contributed by atoms with Crippen LogP contribution >= 0.6 is 0 Å². The zero-order chi connectivity index (χ0) is 52.3. The van der Waals surface area contributed by atoms with E-state index in [1.165, 1.54) is 89.0 Å². The fourth-order valence-electron chi connectivity index (χ4n) is 12.4. The normalized spacial score (nSPS) is 12.4. The molecule has 2 aliphatic rings. The zero-order valence-corrected chi connectivity index (χ0v) is 43.1. The second-order valence-electron chi connectivity index (χ2n) is 20.7. The summed E-state index contributed by atoms with van der Waals surface area (Å²) in [6.45, 7) is 0. The Labute approximate surface area is 460 Å². The molecule has 1 spiro atoms. The molecular weight excluding hydrogens is 955 g/mol. The van der Waals surface area contributed by atoms with Crippen molar-refractivity contribution in [3.05, 3.63) is 320 Å². The maximum Gasteiger partial charge on any atom is 0.164 e. The summed E-state index contributed by atoms with van der Waals surface area (Å²) in [5, 5.41) is 0. The zero-order valence-electron chi connectivity index (χ0n) is 43.1. The van der Waals surface area contributed by atoms with Crippen molar-refractivity contribution in [1.82, 2.24) is 15.0 Å². The monoisotopic (exact) mass is 1000 g/mol. The minimum atomic E-state index is -0.727. The first kappa shape index (κ1) is 46.0. The smallest absolute Gasteiger partial charge is 0.164 e. The second kappa shape index (κ2) is 19.0. The van der Waals surface area contributed by atoms with Crippen LogP contribution in [0.15, 0.2) is 297 Å². The molecule has 0 saturated heterocycles. The lowest BCUT2D eigenvalue weighted by atomic mass is 9.69. The molecule has 0 fully saturated rings. The van der Waals surface area contributed by atoms with Gasteiger partial charge in [-0.05, 0) is 166 Å². The molecule has 79 heavy (non-hydrogen) atoms. The molecule has 0 saturated carbocycles. The molecule has 0 radical (unpaired) electrons. The van der Waals surface area contributed by atoms with Gasteiger partial charge in [0.25, 0.3) is 0 Å². The van der Waals surface area contributed by atoms with Crippen LogP contribution < -0.4 is 0 Å². The van der Waals surface area contributed by atoms with Crippen LogP contribution in [0.25, 0.3) is 123 Å². The summed E-state index contributed by atoms with van der Waals surface area (Å²) in [7, 11) is 0. The lowest BCUT2D eigenvalue weighted by Crippen LogP contribution is -2.26. The summed E-state index contributed by atoms with van der Waals surface area (Å²) >= 11 is 0. The van der Waals surface area contributed by atoms with Gasteiger partial charge in [-0.3, -0.25) is 0 Å². The largest absolute Gasteiger partial charge is 0.208 e. The van der Waals surface area contributed by atoms with Gasteiger partial charge in [0, 0.05) is 16.7 Å². The lowest BCUT2D eigenvalue weighted by molar-refractivity contribution is 0.794. The van der Waals surface area contributed by atoms with Gasteiger partial charge in [0.15, 0.2) is 17.5 Å². The fourth-order valence-corrected chi connectivity index (χ4v) is 12.4. The topological polar surface area (TPSA) is 38.7 Å². The predicted molar refractivity (Wildman–Crippen MR) is 325 cm³/mol. The molecule has 0 N–H and O–H groups in total. The molecule has 3 nitrogen and oxygen atoms in total. The third-order valence-corrected chi connectivity index (χ3v) is 16.1. The van der Waals surface area contributed by atoms with Crippen molar-refractivity contribution in [3.8, 4) is 123 Å². The molecule has 15 rings (SSSR count). The Hall–Kier alpha value is -10.4. The van der Waals surface area contributed by atoms with E-state index in [4.69, 9.17) is 15.0 Å². The van der Waals surface area contributed by atoms with Crippen LogP contribution in [0.2, 0.25) is 0 Å². The van der Waals surface area contributed by atoms with Gasteiger partial charge in [-0.25, -0.2) is 15.0 Å². The summed E-state index contributed by atoms with van der Waals surface area (Å²) in [5.74, 6) is 1.89. The molecule has 0 aliphatic heterocycles. The third-order valence-electron chi connectivity index (χ3n) is 16.1. The molecule has 12 aromatic carbocycles. The average Bonchev–Trinajstić information content (AvgIpc) is 3.07. The highest BCUT2D eigenvalue weighted by Gasteiger charge is 2.52. The maximum atomic E-state index is 5.30. The molecule has 0 unspecified atom stereocenters. The van der Waals surface area contributed by atoms with Crippen LogP contribution in [0.5, 0.6) is 0 Å². The van der Waals surface area contributed by atoms with Crippen LogP contribution in [0, 0.1) is 0 Å². The SMILES string of the molecule is c1ccc(-c2cc(-c3ccccc3)cc(-c3ccc4c(c3)C3(c5ccccc5-c5ccc(-c6nc(-c7ccccc7)nc(-c7ccccc7)n6)cc53)c3cc(-c5cc(-c6ccccc6)cc(-c6ccccc6)c5)ccc3-4)c2)cc1. The number of aromatic nitrogens is 3. The Bertz CT molecular complexity index is 3900. The van der Waals surface area contributed by atoms with Gasteiger partial charge in [-0.15, -0.1) is 0 Å². The minimum absolute atomic E-state index is 0.625. The van der Waals surface area contributed by atoms with Crippen molar-refractivity contribution in [1.29, 1.82) is 0 Å². The molecule has 368 valence electrons. The second-order valence-corrected chi connectivity index (χ2v) is 20.7. The van der Waals surface area contributed by atoms with E-state index >= 15 is 0 Å². The molecular formula is C76H49N3. The minimum Gasteiger partial charge on any atom is -0.208 e. The van der Waals surface area contributed by atoms with Gasteiger partial charge < -0.3 is 0 Å². The standard InChI is InChI=1S/C76H49N3/c1-7-21-50(22-8-1)59-41-60(51-23-9-2-10-24-51)44-63(43-59)56-35-38-67-68-39-36-57(64-45-61(52-25-11-3-12-26-52)42-62(46-64)53-27-13-4-14-28-53)48-71(68)76(70(67)47-56)69-34-20-19-33-65(69)66-40-37-58(49-72(66)76)75-78-73(54-29-15-5-16-30-54)77-74(79-75)55-31-17-6-18-32-55/h1-49H. The number of hydrogen-bond donors (Lipinski definition) is 0. The number of rotatable bonds is 9. The van der Waals surface area contributed by atoms with Crippen LogP contribution in [0.1, 0.15) is 22.3 Å². The quantitative estimate of drug-likeness (QED) is 0.145. The van der Waals surface area contributed by atoms with Crippen LogP contribution in [0.3, 0.4) is 0 Å². The van der Waals surface area contributed by atoms with E-state index in [1.54, 1.807) is 0 Å². The number of benzene rings is 12. The molecule has 1 aromatic heterocycles. The summed E-state index contributed by atoms with van der Waals surface area (Å²) in [5.41, 5.74) is 26.0. The van der Waals surface area contributed by atoms with Gasteiger partial charge in [-0.1, -0.05) is 243 Å². The summed E-state index contributed by atoms with van der Waals surface area (Å²) < 4.78 is 0. The third kappa shape index (κ3) is 7.94. The fraction of sp³-hybridized carbons (Fsp3) is 0.0132. The summed E-state index contributed by atoms with van der Waals surface area (Å²) in [6.07, 6.45) is 0. The van der Waals surface area contributed by atoms with Crippen LogP contribution in [0.4, 0.5) is 0 Å². The van der Waals surface area contributed by atoms with Crippen LogP contribution in [-0.2, 0) is 5.41 Å². The molecule has 0 bridgehead atoms. The highest BCUT2D eigenvalue weighted by molar-refractivity contribution is 5.98. The van der Waals surface area contributed by atoms with Gasteiger partial charge in [-0.2, -0.15) is 0 Å². The van der Waals surface area contributed by atoms with Crippen molar-refractivity contribution in [2.24, 2.45) is 0 Å². The van der Waals surface area contributed by atoms with Crippen molar-refractivity contribution in [2.45, 2.75) is 5.41 Å². The van der Waals surface area contributed by atoms with E-state index in [2.05, 4.69) is 261 Å². The van der Waals surface area contributed by atoms with Crippen molar-refractivity contribution in [2.75, 3.05) is 0 Å². The first-order valence-electron chi connectivity index (χ1n) is 27.1. The van der Waals surface area contributed by atoms with E-state index < -0.39 is 5.41 Å². The highest BCUT2D eigenvalue weighted by atomic mass is 15.0. The van der Waals surface area contributed by atoms with Crippen molar-refractivity contribution < 1.29 is 0 Å². The molecule has 1 heterocycles. The van der Waals surface area contributed by atoms with Crippen molar-refractivity contribution >= 4 is 0 Å². The molecule has 3 heteroatoms. The average molecular weight is 1000 g/mol. The molecule has 0 atom stereocenters. The van der Waals surface area contributed by atoms with E-state index in [0.29, 0.717) is 17.5 Å². The Balaban J connectivity index is 0.991. The molecule has 0 amide bonds. The van der Waals surface area contributed by atoms with E-state index in [9.17, 15) is 0 Å².